The van der Waals surface area contributed by atoms with Crippen molar-refractivity contribution in [2.24, 2.45) is 0 Å². The van der Waals surface area contributed by atoms with Gasteiger partial charge in [0.1, 0.15) is 11.5 Å². The third kappa shape index (κ3) is 4.60. The van der Waals surface area contributed by atoms with Crippen LogP contribution in [0.15, 0.2) is 57.9 Å². The average molecular weight is 456 g/mol. The van der Waals surface area contributed by atoms with Gasteiger partial charge in [-0.05, 0) is 61.4 Å². The molecule has 1 saturated heterocycles. The number of carbonyl (C=O) groups is 1. The summed E-state index contributed by atoms with van der Waals surface area (Å²) in [5.41, 5.74) is 3.08. The molecule has 1 aliphatic heterocycles. The van der Waals surface area contributed by atoms with Crippen LogP contribution >= 0.6 is 23.4 Å². The highest BCUT2D eigenvalue weighted by atomic mass is 35.5. The normalized spacial score (nSPS) is 17.1. The molecule has 1 aromatic heterocycles. The fraction of sp³-hybridized carbons (Fsp3) is 0.136. The Morgan fingerprint density at radius 3 is 2.68 bits per heavy atom. The van der Waals surface area contributed by atoms with Gasteiger partial charge >= 0.3 is 0 Å². The number of rotatable bonds is 5. The number of amides is 1. The van der Waals surface area contributed by atoms with Crippen molar-refractivity contribution in [2.75, 3.05) is 5.32 Å². The van der Waals surface area contributed by atoms with E-state index in [1.165, 1.54) is 23.9 Å². The fourth-order valence-electron chi connectivity index (χ4n) is 3.24. The molecule has 2 N–H and O–H groups in total. The maximum absolute atomic E-state index is 12.4. The zero-order valence-corrected chi connectivity index (χ0v) is 18.2. The minimum Gasteiger partial charge on any atom is -0.457 e. The third-order valence-electron chi connectivity index (χ3n) is 4.79. The van der Waals surface area contributed by atoms with Crippen LogP contribution in [0.2, 0.25) is 5.02 Å². The van der Waals surface area contributed by atoms with Crippen molar-refractivity contribution >= 4 is 46.7 Å². The molecular weight excluding hydrogens is 438 g/mol. The summed E-state index contributed by atoms with van der Waals surface area (Å²) in [7, 11) is 0. The van der Waals surface area contributed by atoms with E-state index in [2.05, 4.69) is 10.6 Å². The Labute approximate surface area is 187 Å². The molecule has 9 heteroatoms. The average Bonchev–Trinajstić information content (AvgIpc) is 3.31. The number of nitrogens with zero attached hydrogens (tertiary/aromatic N) is 1. The van der Waals surface area contributed by atoms with E-state index in [0.717, 1.165) is 22.4 Å². The second kappa shape index (κ2) is 8.49. The van der Waals surface area contributed by atoms with Gasteiger partial charge in [0.05, 0.1) is 9.83 Å². The lowest BCUT2D eigenvalue weighted by molar-refractivity contribution is -0.384. The van der Waals surface area contributed by atoms with Crippen molar-refractivity contribution in [1.82, 2.24) is 5.32 Å². The molecular formula is C22H18ClN3O4S. The van der Waals surface area contributed by atoms with Gasteiger partial charge in [-0.25, -0.2) is 0 Å². The predicted molar refractivity (Wildman–Crippen MR) is 123 cm³/mol. The van der Waals surface area contributed by atoms with E-state index in [4.69, 9.17) is 16.0 Å². The van der Waals surface area contributed by atoms with Crippen molar-refractivity contribution in [1.29, 1.82) is 0 Å². The van der Waals surface area contributed by atoms with E-state index >= 15 is 0 Å². The number of halogens is 1. The Hall–Kier alpha value is -3.23. The highest BCUT2D eigenvalue weighted by Gasteiger charge is 2.28. The van der Waals surface area contributed by atoms with Crippen LogP contribution in [-0.4, -0.2) is 16.3 Å². The number of nitrogens with one attached hydrogen (secondary N) is 2. The molecule has 0 radical (unpaired) electrons. The van der Waals surface area contributed by atoms with Crippen LogP contribution in [0.25, 0.3) is 17.4 Å². The molecule has 1 unspecified atom stereocenters. The highest BCUT2D eigenvalue weighted by molar-refractivity contribution is 8.05. The number of thioether (sulfide) groups is 1. The number of aryl methyl sites for hydroxylation is 2. The molecule has 0 bridgehead atoms. The van der Waals surface area contributed by atoms with Crippen LogP contribution in [0.4, 0.5) is 11.4 Å². The van der Waals surface area contributed by atoms with Crippen molar-refractivity contribution in [3.8, 4) is 11.3 Å². The summed E-state index contributed by atoms with van der Waals surface area (Å²) in [6, 6.07) is 13.7. The number of nitro groups is 1. The van der Waals surface area contributed by atoms with Crippen LogP contribution in [0.5, 0.6) is 0 Å². The van der Waals surface area contributed by atoms with Crippen LogP contribution in [-0.2, 0) is 4.79 Å². The lowest BCUT2D eigenvalue weighted by atomic mass is 10.1. The summed E-state index contributed by atoms with van der Waals surface area (Å²) in [4.78, 5) is 23.4. The molecule has 3 aromatic rings. The van der Waals surface area contributed by atoms with Crippen molar-refractivity contribution in [3.05, 3.63) is 85.5 Å². The molecule has 158 valence electrons. The molecule has 0 spiro atoms. The van der Waals surface area contributed by atoms with Crippen LogP contribution < -0.4 is 10.6 Å². The number of furan rings is 1. The number of anilines is 1. The molecule has 1 amide bonds. The number of carbonyl (C=O) groups excluding carboxylic acids is 1. The maximum atomic E-state index is 12.4. The summed E-state index contributed by atoms with van der Waals surface area (Å²) < 4.78 is 5.87. The van der Waals surface area contributed by atoms with Gasteiger partial charge in [0.15, 0.2) is 5.50 Å². The number of nitro benzene ring substituents is 1. The van der Waals surface area contributed by atoms with Gasteiger partial charge in [-0.3, -0.25) is 14.9 Å². The Morgan fingerprint density at radius 1 is 1.16 bits per heavy atom. The van der Waals surface area contributed by atoms with E-state index in [0.29, 0.717) is 21.4 Å². The molecule has 1 fully saturated rings. The van der Waals surface area contributed by atoms with Gasteiger partial charge in [-0.2, -0.15) is 0 Å². The highest BCUT2D eigenvalue weighted by Crippen LogP contribution is 2.33. The monoisotopic (exact) mass is 455 g/mol. The number of benzene rings is 2. The van der Waals surface area contributed by atoms with E-state index in [-0.39, 0.29) is 17.1 Å². The van der Waals surface area contributed by atoms with Crippen molar-refractivity contribution in [3.63, 3.8) is 0 Å². The molecule has 31 heavy (non-hydrogen) atoms. The van der Waals surface area contributed by atoms with Gasteiger partial charge in [0, 0.05) is 34.5 Å². The Balaban J connectivity index is 1.50. The first-order valence-corrected chi connectivity index (χ1v) is 10.6. The topological polar surface area (TPSA) is 97.4 Å². The van der Waals surface area contributed by atoms with E-state index in [9.17, 15) is 14.9 Å². The van der Waals surface area contributed by atoms with Gasteiger partial charge < -0.3 is 15.1 Å². The second-order valence-corrected chi connectivity index (χ2v) is 8.63. The summed E-state index contributed by atoms with van der Waals surface area (Å²) >= 11 is 7.35. The van der Waals surface area contributed by atoms with Crippen molar-refractivity contribution in [2.45, 2.75) is 19.3 Å². The number of non-ortho nitro benzene ring substituents is 1. The molecule has 0 saturated carbocycles. The number of hydrogen-bond donors (Lipinski definition) is 2. The molecule has 0 aliphatic carbocycles. The third-order valence-corrected chi connectivity index (χ3v) is 6.06. The van der Waals surface area contributed by atoms with E-state index in [1.54, 1.807) is 37.3 Å². The first-order valence-electron chi connectivity index (χ1n) is 9.37. The quantitative estimate of drug-likeness (QED) is 0.290. The Bertz CT molecular complexity index is 1220. The van der Waals surface area contributed by atoms with Crippen molar-refractivity contribution < 1.29 is 14.1 Å². The number of hydrogen-bond acceptors (Lipinski definition) is 6. The standard InChI is InChI=1S/C22H18ClN3O4S/c1-12-10-15(26(28)29)4-6-17(12)19-8-5-16(30-19)11-20-21(27)25-22(31-20)24-18-7-3-14(23)9-13(18)2/h3-11,22,24H,1-2H3,(H,25,27)/b20-11-. The fourth-order valence-corrected chi connectivity index (χ4v) is 4.42. The van der Waals surface area contributed by atoms with Gasteiger partial charge in [0.2, 0.25) is 0 Å². The van der Waals surface area contributed by atoms with E-state index in [1.807, 2.05) is 19.1 Å². The van der Waals surface area contributed by atoms with Crippen LogP contribution in [0.3, 0.4) is 0 Å². The van der Waals surface area contributed by atoms with Crippen LogP contribution in [0, 0.1) is 24.0 Å². The molecule has 2 aromatic carbocycles. The van der Waals surface area contributed by atoms with Gasteiger partial charge in [-0.15, -0.1) is 0 Å². The summed E-state index contributed by atoms with van der Waals surface area (Å²) in [5.74, 6) is 0.904. The largest absolute Gasteiger partial charge is 0.457 e. The summed E-state index contributed by atoms with van der Waals surface area (Å²) in [6.45, 7) is 3.73. The zero-order chi connectivity index (χ0) is 22.1. The smallest absolute Gasteiger partial charge is 0.269 e. The van der Waals surface area contributed by atoms with E-state index < -0.39 is 4.92 Å². The molecule has 2 heterocycles. The summed E-state index contributed by atoms with van der Waals surface area (Å²) in [6.07, 6.45) is 1.68. The Morgan fingerprint density at radius 2 is 1.97 bits per heavy atom. The molecule has 1 aliphatic rings. The molecule has 1 atom stereocenters. The lowest BCUT2D eigenvalue weighted by Gasteiger charge is -2.14. The predicted octanol–water partition coefficient (Wildman–Crippen LogP) is 5.72. The maximum Gasteiger partial charge on any atom is 0.269 e. The van der Waals surface area contributed by atoms with Gasteiger partial charge in [-0.1, -0.05) is 23.4 Å². The van der Waals surface area contributed by atoms with Gasteiger partial charge in [0.25, 0.3) is 11.6 Å². The lowest BCUT2D eigenvalue weighted by Crippen LogP contribution is -2.31. The Kier molecular flexibility index (Phi) is 5.75. The zero-order valence-electron chi connectivity index (χ0n) is 16.6. The second-order valence-electron chi connectivity index (χ2n) is 7.04. The minimum absolute atomic E-state index is 0.0311. The molecule has 7 nitrogen and oxygen atoms in total. The minimum atomic E-state index is -0.430. The first kappa shape index (κ1) is 21.0. The molecule has 4 rings (SSSR count). The first-order chi connectivity index (χ1) is 14.8. The summed E-state index contributed by atoms with van der Waals surface area (Å²) in [5, 5.41) is 17.8. The SMILES string of the molecule is Cc1cc(Cl)ccc1NC1NC(=O)/C(=C/c2ccc(-c3ccc([N+](=O)[O-])cc3C)o2)S1. The van der Waals surface area contributed by atoms with Crippen LogP contribution in [0.1, 0.15) is 16.9 Å².